The number of hydrogen-bond donors (Lipinski definition) is 2. The van der Waals surface area contributed by atoms with Gasteiger partial charge < -0.3 is 10.4 Å². The van der Waals surface area contributed by atoms with Crippen molar-refractivity contribution in [3.8, 4) is 0 Å². The van der Waals surface area contributed by atoms with Gasteiger partial charge in [0.15, 0.2) is 11.6 Å². The van der Waals surface area contributed by atoms with E-state index in [2.05, 4.69) is 5.32 Å². The van der Waals surface area contributed by atoms with Crippen molar-refractivity contribution >= 4 is 0 Å². The molecule has 1 rings (SSSR count). The first-order valence-corrected chi connectivity index (χ1v) is 5.35. The highest BCUT2D eigenvalue weighted by atomic mass is 19.2. The fourth-order valence-corrected chi connectivity index (χ4v) is 1.79. The van der Waals surface area contributed by atoms with E-state index in [4.69, 9.17) is 5.11 Å². The number of nitrogens with one attached hydrogen (secondary N) is 1. The zero-order valence-corrected chi connectivity index (χ0v) is 9.56. The van der Waals surface area contributed by atoms with E-state index in [9.17, 15) is 8.78 Å². The van der Waals surface area contributed by atoms with Gasteiger partial charge in [-0.1, -0.05) is 13.0 Å². The Morgan fingerprint density at radius 3 is 2.50 bits per heavy atom. The molecule has 0 heterocycles. The first-order chi connectivity index (χ1) is 7.53. The Bertz CT molecular complexity index is 349. The summed E-state index contributed by atoms with van der Waals surface area (Å²) in [7, 11) is 0. The lowest BCUT2D eigenvalue weighted by atomic mass is 9.88. The van der Waals surface area contributed by atoms with Gasteiger partial charge in [-0.3, -0.25) is 0 Å². The normalized spacial score (nSPS) is 14.8. The van der Waals surface area contributed by atoms with Gasteiger partial charge in [0, 0.05) is 12.1 Å². The molecule has 2 N–H and O–H groups in total. The molecule has 0 spiro atoms. The molecule has 0 aliphatic rings. The third kappa shape index (κ3) is 2.77. The minimum Gasteiger partial charge on any atom is -0.396 e. The molecule has 16 heavy (non-hydrogen) atoms. The SMILES string of the molecule is CCNC(C)(CCO)c1ccc(F)c(F)c1. The molecule has 0 radical (unpaired) electrons. The Morgan fingerprint density at radius 1 is 1.31 bits per heavy atom. The lowest BCUT2D eigenvalue weighted by Gasteiger charge is -2.30. The molecular weight excluding hydrogens is 212 g/mol. The van der Waals surface area contributed by atoms with Gasteiger partial charge in [-0.05, 0) is 37.6 Å². The second-order valence-corrected chi connectivity index (χ2v) is 3.96. The first kappa shape index (κ1) is 13.1. The third-order valence-electron chi connectivity index (χ3n) is 2.74. The van der Waals surface area contributed by atoms with Crippen LogP contribution >= 0.6 is 0 Å². The number of halogens is 2. The third-order valence-corrected chi connectivity index (χ3v) is 2.74. The molecule has 1 aromatic carbocycles. The van der Waals surface area contributed by atoms with Crippen molar-refractivity contribution in [2.45, 2.75) is 25.8 Å². The van der Waals surface area contributed by atoms with E-state index in [0.717, 1.165) is 6.07 Å². The molecule has 0 aromatic heterocycles. The Kier molecular flexibility index (Phi) is 4.38. The smallest absolute Gasteiger partial charge is 0.159 e. The standard InChI is InChI=1S/C12H17F2NO/c1-3-15-12(2,6-7-16)9-4-5-10(13)11(14)8-9/h4-5,8,15-16H,3,6-7H2,1-2H3. The number of aliphatic hydroxyl groups excluding tert-OH is 1. The molecule has 0 amide bonds. The van der Waals surface area contributed by atoms with Crippen LogP contribution in [0.15, 0.2) is 18.2 Å². The minimum absolute atomic E-state index is 0.0114. The average molecular weight is 229 g/mol. The molecule has 0 saturated carbocycles. The Balaban J connectivity index is 3.05. The summed E-state index contributed by atoms with van der Waals surface area (Å²) >= 11 is 0. The quantitative estimate of drug-likeness (QED) is 0.811. The van der Waals surface area contributed by atoms with Crippen molar-refractivity contribution in [2.75, 3.05) is 13.2 Å². The van der Waals surface area contributed by atoms with Crippen molar-refractivity contribution in [3.05, 3.63) is 35.4 Å². The van der Waals surface area contributed by atoms with Gasteiger partial charge in [0.05, 0.1) is 0 Å². The second-order valence-electron chi connectivity index (χ2n) is 3.96. The highest BCUT2D eigenvalue weighted by molar-refractivity contribution is 5.25. The summed E-state index contributed by atoms with van der Waals surface area (Å²) in [4.78, 5) is 0. The molecule has 2 nitrogen and oxygen atoms in total. The van der Waals surface area contributed by atoms with Crippen molar-refractivity contribution < 1.29 is 13.9 Å². The maximum Gasteiger partial charge on any atom is 0.159 e. The molecule has 1 atom stereocenters. The molecule has 0 saturated heterocycles. The van der Waals surface area contributed by atoms with Gasteiger partial charge in [0.25, 0.3) is 0 Å². The van der Waals surface area contributed by atoms with Crippen molar-refractivity contribution in [2.24, 2.45) is 0 Å². The van der Waals surface area contributed by atoms with Crippen LogP contribution in [0.3, 0.4) is 0 Å². The second kappa shape index (κ2) is 5.37. The Morgan fingerprint density at radius 2 is 2.00 bits per heavy atom. The lowest BCUT2D eigenvalue weighted by molar-refractivity contribution is 0.222. The topological polar surface area (TPSA) is 32.3 Å². The van der Waals surface area contributed by atoms with Gasteiger partial charge in [-0.2, -0.15) is 0 Å². The highest BCUT2D eigenvalue weighted by Gasteiger charge is 2.25. The number of rotatable bonds is 5. The maximum atomic E-state index is 13.1. The van der Waals surface area contributed by atoms with Crippen LogP contribution in [0.4, 0.5) is 8.78 Å². The Labute approximate surface area is 94.3 Å². The molecule has 0 aliphatic heterocycles. The molecule has 1 unspecified atom stereocenters. The summed E-state index contributed by atoms with van der Waals surface area (Å²) in [5, 5.41) is 12.2. The molecule has 4 heteroatoms. The number of aliphatic hydroxyl groups is 1. The zero-order chi connectivity index (χ0) is 12.2. The number of hydrogen-bond acceptors (Lipinski definition) is 2. The van der Waals surface area contributed by atoms with E-state index in [0.29, 0.717) is 18.5 Å². The van der Waals surface area contributed by atoms with Crippen LogP contribution in [0.1, 0.15) is 25.8 Å². The maximum absolute atomic E-state index is 13.1. The number of benzene rings is 1. The van der Waals surface area contributed by atoms with Gasteiger partial charge in [0.1, 0.15) is 0 Å². The summed E-state index contributed by atoms with van der Waals surface area (Å²) in [5.41, 5.74) is 0.111. The van der Waals surface area contributed by atoms with Crippen molar-refractivity contribution in [3.63, 3.8) is 0 Å². The van der Waals surface area contributed by atoms with Crippen LogP contribution in [-0.2, 0) is 5.54 Å². The highest BCUT2D eigenvalue weighted by Crippen LogP contribution is 2.25. The molecule has 0 fully saturated rings. The van der Waals surface area contributed by atoms with Gasteiger partial charge in [-0.15, -0.1) is 0 Å². The fraction of sp³-hybridized carbons (Fsp3) is 0.500. The molecular formula is C12H17F2NO. The Hall–Kier alpha value is -1.00. The minimum atomic E-state index is -0.862. The van der Waals surface area contributed by atoms with Crippen LogP contribution in [0.5, 0.6) is 0 Å². The summed E-state index contributed by atoms with van der Waals surface area (Å²) < 4.78 is 25.9. The van der Waals surface area contributed by atoms with Crippen LogP contribution in [0.25, 0.3) is 0 Å². The van der Waals surface area contributed by atoms with Crippen LogP contribution < -0.4 is 5.32 Å². The molecule has 90 valence electrons. The molecule has 1 aromatic rings. The van der Waals surface area contributed by atoms with Crippen LogP contribution in [0.2, 0.25) is 0 Å². The first-order valence-electron chi connectivity index (χ1n) is 5.35. The van der Waals surface area contributed by atoms with E-state index in [-0.39, 0.29) is 6.61 Å². The lowest BCUT2D eigenvalue weighted by Crippen LogP contribution is -2.40. The average Bonchev–Trinajstić information content (AvgIpc) is 2.22. The largest absolute Gasteiger partial charge is 0.396 e. The van der Waals surface area contributed by atoms with E-state index >= 15 is 0 Å². The van der Waals surface area contributed by atoms with Gasteiger partial charge in [0.2, 0.25) is 0 Å². The van der Waals surface area contributed by atoms with E-state index in [1.165, 1.54) is 12.1 Å². The van der Waals surface area contributed by atoms with Crippen molar-refractivity contribution in [1.29, 1.82) is 0 Å². The summed E-state index contributed by atoms with van der Waals surface area (Å²) in [6.07, 6.45) is 0.450. The molecule has 0 aliphatic carbocycles. The van der Waals surface area contributed by atoms with E-state index < -0.39 is 17.2 Å². The van der Waals surface area contributed by atoms with E-state index in [1.54, 1.807) is 0 Å². The zero-order valence-electron chi connectivity index (χ0n) is 9.56. The van der Waals surface area contributed by atoms with Gasteiger partial charge >= 0.3 is 0 Å². The van der Waals surface area contributed by atoms with Crippen LogP contribution in [0, 0.1) is 11.6 Å². The predicted octanol–water partition coefficient (Wildman–Crippen LogP) is 2.17. The van der Waals surface area contributed by atoms with Crippen molar-refractivity contribution in [1.82, 2.24) is 5.32 Å². The predicted molar refractivity (Wildman–Crippen MR) is 59.1 cm³/mol. The monoisotopic (exact) mass is 229 g/mol. The fourth-order valence-electron chi connectivity index (χ4n) is 1.79. The van der Waals surface area contributed by atoms with Crippen LogP contribution in [-0.4, -0.2) is 18.3 Å². The van der Waals surface area contributed by atoms with E-state index in [1.807, 2.05) is 13.8 Å². The summed E-state index contributed by atoms with van der Waals surface area (Å²) in [6, 6.07) is 3.82. The summed E-state index contributed by atoms with van der Waals surface area (Å²) in [6.45, 7) is 4.47. The van der Waals surface area contributed by atoms with Gasteiger partial charge in [-0.25, -0.2) is 8.78 Å². The molecule has 0 bridgehead atoms. The summed E-state index contributed by atoms with van der Waals surface area (Å²) in [5.74, 6) is -1.72.